The van der Waals surface area contributed by atoms with E-state index in [9.17, 15) is 9.18 Å². The van der Waals surface area contributed by atoms with Crippen LogP contribution in [0.3, 0.4) is 0 Å². The first-order chi connectivity index (χ1) is 15.5. The van der Waals surface area contributed by atoms with Crippen LogP contribution in [-0.4, -0.2) is 33.4 Å². The Morgan fingerprint density at radius 1 is 1.12 bits per heavy atom. The second-order valence-electron chi connectivity index (χ2n) is 9.44. The molecule has 1 saturated heterocycles. The van der Waals surface area contributed by atoms with Crippen LogP contribution in [0.25, 0.3) is 0 Å². The second-order valence-corrected chi connectivity index (χ2v) is 9.44. The number of carbonyl (C=O) groups is 1. The van der Waals surface area contributed by atoms with Gasteiger partial charge in [0.2, 0.25) is 5.91 Å². The fourth-order valence-corrected chi connectivity index (χ4v) is 5.15. The Bertz CT molecular complexity index is 1090. The van der Waals surface area contributed by atoms with Gasteiger partial charge in [-0.15, -0.1) is 0 Å². The predicted octanol–water partition coefficient (Wildman–Crippen LogP) is 4.89. The Balaban J connectivity index is 1.28. The lowest BCUT2D eigenvalue weighted by atomic mass is 9.90. The molecule has 3 aromatic rings. The summed E-state index contributed by atoms with van der Waals surface area (Å²) in [6.45, 7) is 4.41. The van der Waals surface area contributed by atoms with Crippen molar-refractivity contribution in [3.63, 3.8) is 0 Å². The predicted molar refractivity (Wildman–Crippen MR) is 123 cm³/mol. The van der Waals surface area contributed by atoms with Crippen molar-refractivity contribution in [3.8, 4) is 0 Å². The van der Waals surface area contributed by atoms with Gasteiger partial charge in [0.25, 0.3) is 0 Å². The third kappa shape index (κ3) is 4.08. The van der Waals surface area contributed by atoms with E-state index in [-0.39, 0.29) is 11.2 Å². The molecule has 2 aliphatic rings. The van der Waals surface area contributed by atoms with E-state index in [2.05, 4.69) is 33.5 Å². The first-order valence-electron chi connectivity index (χ1n) is 11.7. The molecule has 1 aromatic heterocycles. The molecule has 1 aliphatic heterocycles. The average Bonchev–Trinajstić information content (AvgIpc) is 3.57. The second kappa shape index (κ2) is 8.53. The number of piperidine rings is 1. The normalized spacial score (nSPS) is 19.7. The number of hydrogen-bond donors (Lipinski definition) is 0. The zero-order chi connectivity index (χ0) is 22.1. The van der Waals surface area contributed by atoms with Crippen molar-refractivity contribution in [1.29, 1.82) is 0 Å². The van der Waals surface area contributed by atoms with Crippen molar-refractivity contribution in [2.24, 2.45) is 5.92 Å². The van der Waals surface area contributed by atoms with E-state index in [1.807, 2.05) is 36.5 Å². The maximum atomic E-state index is 13.5. The highest BCUT2D eigenvalue weighted by molar-refractivity contribution is 5.91. The lowest BCUT2D eigenvalue weighted by Crippen LogP contribution is -2.45. The summed E-state index contributed by atoms with van der Waals surface area (Å²) in [6, 6.07) is 16.9. The van der Waals surface area contributed by atoms with Crippen molar-refractivity contribution in [2.45, 2.75) is 51.0 Å². The molecule has 1 saturated carbocycles. The molecule has 0 N–H and O–H groups in total. The molecule has 0 radical (unpaired) electrons. The number of carbonyl (C=O) groups excluding carboxylic acids is 1. The summed E-state index contributed by atoms with van der Waals surface area (Å²) in [7, 11) is 0. The molecule has 2 heterocycles. The fourth-order valence-electron chi connectivity index (χ4n) is 5.15. The van der Waals surface area contributed by atoms with E-state index in [0.29, 0.717) is 18.4 Å². The molecule has 32 heavy (non-hydrogen) atoms. The molecule has 4 nitrogen and oxygen atoms in total. The summed E-state index contributed by atoms with van der Waals surface area (Å²) in [6.07, 6.45) is 6.84. The summed E-state index contributed by atoms with van der Waals surface area (Å²) in [5.74, 6) is 1.55. The van der Waals surface area contributed by atoms with Gasteiger partial charge in [-0.2, -0.15) is 0 Å². The number of benzene rings is 2. The number of nitrogens with zero attached hydrogens (tertiary/aromatic N) is 3. The van der Waals surface area contributed by atoms with Gasteiger partial charge in [0.1, 0.15) is 11.6 Å². The molecular weight excluding hydrogens is 401 g/mol. The quantitative estimate of drug-likeness (QED) is 0.557. The van der Waals surface area contributed by atoms with Crippen LogP contribution in [0.2, 0.25) is 0 Å². The third-order valence-corrected chi connectivity index (χ3v) is 7.15. The van der Waals surface area contributed by atoms with E-state index in [1.165, 1.54) is 12.1 Å². The average molecular weight is 432 g/mol. The molecule has 1 aliphatic carbocycles. The maximum Gasteiger partial charge on any atom is 0.233 e. The van der Waals surface area contributed by atoms with Gasteiger partial charge in [-0.05, 0) is 61.8 Å². The summed E-state index contributed by atoms with van der Waals surface area (Å²) in [4.78, 5) is 20.3. The molecular formula is C27H30FN3O. The largest absolute Gasteiger partial charge is 0.342 e. The molecule has 0 bridgehead atoms. The first kappa shape index (κ1) is 20.9. The highest BCUT2D eigenvalue weighted by Crippen LogP contribution is 2.50. The van der Waals surface area contributed by atoms with Crippen molar-refractivity contribution >= 4 is 5.91 Å². The van der Waals surface area contributed by atoms with Gasteiger partial charge in [-0.25, -0.2) is 9.37 Å². The number of amides is 1. The van der Waals surface area contributed by atoms with Crippen LogP contribution in [0, 0.1) is 18.7 Å². The minimum absolute atomic E-state index is 0.216. The van der Waals surface area contributed by atoms with E-state index < -0.39 is 0 Å². The Kier molecular flexibility index (Phi) is 5.58. The molecule has 1 amide bonds. The highest BCUT2D eigenvalue weighted by Gasteiger charge is 2.53. The zero-order valence-corrected chi connectivity index (χ0v) is 18.6. The van der Waals surface area contributed by atoms with Crippen molar-refractivity contribution in [3.05, 3.63) is 89.3 Å². The molecule has 166 valence electrons. The van der Waals surface area contributed by atoms with Crippen molar-refractivity contribution < 1.29 is 9.18 Å². The monoisotopic (exact) mass is 431 g/mol. The van der Waals surface area contributed by atoms with Gasteiger partial charge in [0, 0.05) is 37.9 Å². The molecule has 1 atom stereocenters. The van der Waals surface area contributed by atoms with Crippen LogP contribution in [0.5, 0.6) is 0 Å². The number of aromatic nitrogens is 2. The number of aryl methyl sites for hydroxylation is 1. The van der Waals surface area contributed by atoms with Crippen LogP contribution in [0.1, 0.15) is 48.3 Å². The molecule has 2 aromatic carbocycles. The zero-order valence-electron chi connectivity index (χ0n) is 18.6. The lowest BCUT2D eigenvalue weighted by Gasteiger charge is -2.35. The SMILES string of the molecule is Cc1cnc(CC2CCCN(C(=O)C3(c4ccccc4)CC3)C2)n1Cc1ccc(F)cc1. The van der Waals surface area contributed by atoms with Crippen molar-refractivity contribution in [1.82, 2.24) is 14.5 Å². The maximum absolute atomic E-state index is 13.5. The number of halogens is 1. The third-order valence-electron chi connectivity index (χ3n) is 7.15. The minimum atomic E-state index is -0.291. The smallest absolute Gasteiger partial charge is 0.233 e. The van der Waals surface area contributed by atoms with Gasteiger partial charge >= 0.3 is 0 Å². The van der Waals surface area contributed by atoms with Gasteiger partial charge in [-0.3, -0.25) is 4.79 Å². The highest BCUT2D eigenvalue weighted by atomic mass is 19.1. The summed E-state index contributed by atoms with van der Waals surface area (Å²) in [5, 5.41) is 0. The summed E-state index contributed by atoms with van der Waals surface area (Å²) < 4.78 is 15.5. The molecule has 0 spiro atoms. The molecule has 1 unspecified atom stereocenters. The van der Waals surface area contributed by atoms with E-state index in [0.717, 1.165) is 67.8 Å². The number of likely N-dealkylation sites (tertiary alicyclic amines) is 1. The number of imidazole rings is 1. The van der Waals surface area contributed by atoms with E-state index in [1.54, 1.807) is 0 Å². The van der Waals surface area contributed by atoms with Gasteiger partial charge < -0.3 is 9.47 Å². The number of rotatable bonds is 6. The molecule has 2 fully saturated rings. The topological polar surface area (TPSA) is 38.1 Å². The van der Waals surface area contributed by atoms with Crippen LogP contribution in [0.4, 0.5) is 4.39 Å². The summed E-state index contributed by atoms with van der Waals surface area (Å²) >= 11 is 0. The Morgan fingerprint density at radius 3 is 2.59 bits per heavy atom. The molecule has 5 heteroatoms. The van der Waals surface area contributed by atoms with Crippen LogP contribution >= 0.6 is 0 Å². The van der Waals surface area contributed by atoms with Crippen LogP contribution in [-0.2, 0) is 23.2 Å². The molecule has 5 rings (SSSR count). The Labute approximate surface area is 189 Å². The Morgan fingerprint density at radius 2 is 1.88 bits per heavy atom. The van der Waals surface area contributed by atoms with Gasteiger partial charge in [0.15, 0.2) is 0 Å². The van der Waals surface area contributed by atoms with Crippen molar-refractivity contribution in [2.75, 3.05) is 13.1 Å². The van der Waals surface area contributed by atoms with Crippen LogP contribution in [0.15, 0.2) is 60.8 Å². The van der Waals surface area contributed by atoms with Crippen LogP contribution < -0.4 is 0 Å². The number of hydrogen-bond acceptors (Lipinski definition) is 2. The minimum Gasteiger partial charge on any atom is -0.342 e. The van der Waals surface area contributed by atoms with Gasteiger partial charge in [-0.1, -0.05) is 42.5 Å². The fraction of sp³-hybridized carbons (Fsp3) is 0.407. The van der Waals surface area contributed by atoms with E-state index >= 15 is 0 Å². The Hall–Kier alpha value is -2.95. The van der Waals surface area contributed by atoms with E-state index in [4.69, 9.17) is 0 Å². The van der Waals surface area contributed by atoms with Gasteiger partial charge in [0.05, 0.1) is 5.41 Å². The lowest BCUT2D eigenvalue weighted by molar-refractivity contribution is -0.135. The first-order valence-corrected chi connectivity index (χ1v) is 11.7. The summed E-state index contributed by atoms with van der Waals surface area (Å²) in [5.41, 5.74) is 3.04. The standard InChI is InChI=1S/C27H30FN3O/c1-20-17-29-25(31(20)19-21-9-11-24(28)12-10-21)16-22-6-5-15-30(18-22)26(32)27(13-14-27)23-7-3-2-4-8-23/h2-4,7-12,17,22H,5-6,13-16,18-19H2,1H3.